The van der Waals surface area contributed by atoms with E-state index in [4.69, 9.17) is 15.7 Å². The molecule has 5 nitrogen and oxygen atoms in total. The van der Waals surface area contributed by atoms with E-state index >= 15 is 0 Å². The van der Waals surface area contributed by atoms with Crippen molar-refractivity contribution in [1.29, 1.82) is 0 Å². The molecule has 0 aliphatic rings. The number of hydrogen-bond acceptors (Lipinski definition) is 4. The summed E-state index contributed by atoms with van der Waals surface area (Å²) in [5.41, 5.74) is 6.78. The summed E-state index contributed by atoms with van der Waals surface area (Å²) in [6.45, 7) is 7.04. The van der Waals surface area contributed by atoms with Crippen LogP contribution < -0.4 is 11.1 Å². The lowest BCUT2D eigenvalue weighted by Crippen LogP contribution is -2.33. The SMILES string of the molecule is CC(C)COCCNCC(/C(N)=N/O)c1ccccc1. The van der Waals surface area contributed by atoms with Crippen LogP contribution >= 0.6 is 0 Å². The first-order chi connectivity index (χ1) is 9.65. The van der Waals surface area contributed by atoms with Gasteiger partial charge < -0.3 is 21.0 Å². The van der Waals surface area contributed by atoms with Crippen molar-refractivity contribution >= 4 is 5.84 Å². The van der Waals surface area contributed by atoms with Gasteiger partial charge in [0.25, 0.3) is 0 Å². The third kappa shape index (κ3) is 6.04. The smallest absolute Gasteiger partial charge is 0.147 e. The first-order valence-corrected chi connectivity index (χ1v) is 6.96. The van der Waals surface area contributed by atoms with E-state index in [9.17, 15) is 0 Å². The summed E-state index contributed by atoms with van der Waals surface area (Å²) in [5, 5.41) is 15.3. The van der Waals surface area contributed by atoms with Crippen LogP contribution in [0.3, 0.4) is 0 Å². The number of nitrogens with one attached hydrogen (secondary N) is 1. The lowest BCUT2D eigenvalue weighted by molar-refractivity contribution is 0.112. The summed E-state index contributed by atoms with van der Waals surface area (Å²) < 4.78 is 5.50. The van der Waals surface area contributed by atoms with Gasteiger partial charge in [0.2, 0.25) is 0 Å². The molecule has 1 aromatic rings. The van der Waals surface area contributed by atoms with E-state index in [0.29, 0.717) is 19.1 Å². The molecular weight excluding hydrogens is 254 g/mol. The number of nitrogens with zero attached hydrogens (tertiary/aromatic N) is 1. The van der Waals surface area contributed by atoms with Crippen molar-refractivity contribution in [3.05, 3.63) is 35.9 Å². The third-order valence-electron chi connectivity index (χ3n) is 2.90. The molecule has 0 radical (unpaired) electrons. The topological polar surface area (TPSA) is 79.9 Å². The second-order valence-corrected chi connectivity index (χ2v) is 5.16. The number of benzene rings is 1. The molecule has 0 fully saturated rings. The average Bonchev–Trinajstić information content (AvgIpc) is 2.46. The fourth-order valence-electron chi connectivity index (χ4n) is 1.86. The Bertz CT molecular complexity index is 393. The standard InChI is InChI=1S/C15H25N3O2/c1-12(2)11-20-9-8-17-10-14(15(16)18-19)13-6-4-3-5-7-13/h3-7,12,14,17,19H,8-11H2,1-2H3,(H2,16,18). The highest BCUT2D eigenvalue weighted by Gasteiger charge is 2.15. The molecule has 1 rings (SSSR count). The highest BCUT2D eigenvalue weighted by molar-refractivity contribution is 5.87. The largest absolute Gasteiger partial charge is 0.409 e. The lowest BCUT2D eigenvalue weighted by atomic mass is 9.98. The van der Waals surface area contributed by atoms with Crippen LogP contribution in [-0.2, 0) is 4.74 Å². The van der Waals surface area contributed by atoms with Crippen molar-refractivity contribution in [1.82, 2.24) is 5.32 Å². The fraction of sp³-hybridized carbons (Fsp3) is 0.533. The number of amidine groups is 1. The van der Waals surface area contributed by atoms with Crippen molar-refractivity contribution < 1.29 is 9.94 Å². The van der Waals surface area contributed by atoms with Crippen LogP contribution in [0.4, 0.5) is 0 Å². The Balaban J connectivity index is 2.40. The fourth-order valence-corrected chi connectivity index (χ4v) is 1.86. The molecule has 1 aromatic carbocycles. The number of rotatable bonds is 9. The molecule has 0 amide bonds. The summed E-state index contributed by atoms with van der Waals surface area (Å²) in [6, 6.07) is 9.77. The summed E-state index contributed by atoms with van der Waals surface area (Å²) in [6.07, 6.45) is 0. The molecule has 4 N–H and O–H groups in total. The van der Waals surface area contributed by atoms with Crippen molar-refractivity contribution in [2.45, 2.75) is 19.8 Å². The molecule has 0 aromatic heterocycles. The van der Waals surface area contributed by atoms with Gasteiger partial charge in [0.15, 0.2) is 0 Å². The van der Waals surface area contributed by atoms with Gasteiger partial charge in [-0.15, -0.1) is 0 Å². The molecule has 20 heavy (non-hydrogen) atoms. The van der Waals surface area contributed by atoms with Crippen LogP contribution in [-0.4, -0.2) is 37.3 Å². The Morgan fingerprint density at radius 1 is 1.35 bits per heavy atom. The molecule has 1 unspecified atom stereocenters. The van der Waals surface area contributed by atoms with E-state index in [0.717, 1.165) is 18.7 Å². The molecule has 0 aliphatic heterocycles. The third-order valence-corrected chi connectivity index (χ3v) is 2.90. The van der Waals surface area contributed by atoms with Gasteiger partial charge in [0.05, 0.1) is 12.5 Å². The van der Waals surface area contributed by atoms with Gasteiger partial charge in [0.1, 0.15) is 5.84 Å². The maximum Gasteiger partial charge on any atom is 0.147 e. The summed E-state index contributed by atoms with van der Waals surface area (Å²) in [4.78, 5) is 0. The minimum atomic E-state index is -0.133. The molecule has 112 valence electrons. The second-order valence-electron chi connectivity index (χ2n) is 5.16. The minimum Gasteiger partial charge on any atom is -0.409 e. The molecule has 1 atom stereocenters. The normalized spacial score (nSPS) is 13.7. The van der Waals surface area contributed by atoms with E-state index < -0.39 is 0 Å². The van der Waals surface area contributed by atoms with Crippen LogP contribution in [0.25, 0.3) is 0 Å². The highest BCUT2D eigenvalue weighted by Crippen LogP contribution is 2.14. The molecule has 0 spiro atoms. The molecule has 5 heteroatoms. The zero-order valence-corrected chi connectivity index (χ0v) is 12.2. The molecule has 0 saturated heterocycles. The molecule has 0 saturated carbocycles. The molecule has 0 aliphatic carbocycles. The Morgan fingerprint density at radius 2 is 2.05 bits per heavy atom. The minimum absolute atomic E-state index is 0.133. The second kappa shape index (κ2) is 9.34. The van der Waals surface area contributed by atoms with E-state index in [-0.39, 0.29) is 11.8 Å². The molecule has 0 heterocycles. The first kappa shape index (κ1) is 16.5. The van der Waals surface area contributed by atoms with Crippen molar-refractivity contribution in [3.8, 4) is 0 Å². The van der Waals surface area contributed by atoms with Crippen LogP contribution in [0.2, 0.25) is 0 Å². The number of nitrogens with two attached hydrogens (primary N) is 1. The quantitative estimate of drug-likeness (QED) is 0.212. The van der Waals surface area contributed by atoms with Gasteiger partial charge in [-0.05, 0) is 11.5 Å². The summed E-state index contributed by atoms with van der Waals surface area (Å²) in [5.74, 6) is 0.627. The predicted molar refractivity (Wildman–Crippen MR) is 81.1 cm³/mol. The van der Waals surface area contributed by atoms with Gasteiger partial charge in [-0.25, -0.2) is 0 Å². The monoisotopic (exact) mass is 279 g/mol. The Hall–Kier alpha value is -1.59. The van der Waals surface area contributed by atoms with E-state index in [1.165, 1.54) is 0 Å². The Kier molecular flexibility index (Phi) is 7.69. The van der Waals surface area contributed by atoms with E-state index in [1.807, 2.05) is 30.3 Å². The summed E-state index contributed by atoms with van der Waals surface area (Å²) >= 11 is 0. The molecular formula is C15H25N3O2. The Labute approximate surface area is 120 Å². The number of ether oxygens (including phenoxy) is 1. The maximum absolute atomic E-state index is 8.88. The zero-order valence-electron chi connectivity index (χ0n) is 12.2. The molecule has 0 bridgehead atoms. The van der Waals surface area contributed by atoms with Crippen LogP contribution in [0.15, 0.2) is 35.5 Å². The zero-order chi connectivity index (χ0) is 14.8. The van der Waals surface area contributed by atoms with Gasteiger partial charge in [0, 0.05) is 19.7 Å². The van der Waals surface area contributed by atoms with Gasteiger partial charge in [-0.1, -0.05) is 49.3 Å². The summed E-state index contributed by atoms with van der Waals surface area (Å²) in [7, 11) is 0. The van der Waals surface area contributed by atoms with Gasteiger partial charge >= 0.3 is 0 Å². The van der Waals surface area contributed by atoms with Crippen molar-refractivity contribution in [2.24, 2.45) is 16.8 Å². The first-order valence-electron chi connectivity index (χ1n) is 6.96. The van der Waals surface area contributed by atoms with Crippen LogP contribution in [0.5, 0.6) is 0 Å². The predicted octanol–water partition coefficient (Wildman–Crippen LogP) is 1.78. The van der Waals surface area contributed by atoms with Crippen molar-refractivity contribution in [2.75, 3.05) is 26.3 Å². The van der Waals surface area contributed by atoms with Gasteiger partial charge in [-0.3, -0.25) is 0 Å². The number of hydrogen-bond donors (Lipinski definition) is 3. The maximum atomic E-state index is 8.88. The van der Waals surface area contributed by atoms with Gasteiger partial charge in [-0.2, -0.15) is 0 Å². The average molecular weight is 279 g/mol. The van der Waals surface area contributed by atoms with E-state index in [1.54, 1.807) is 0 Å². The highest BCUT2D eigenvalue weighted by atomic mass is 16.5. The Morgan fingerprint density at radius 3 is 2.65 bits per heavy atom. The number of oxime groups is 1. The van der Waals surface area contributed by atoms with E-state index in [2.05, 4.69) is 24.3 Å². The lowest BCUT2D eigenvalue weighted by Gasteiger charge is -2.17. The van der Waals surface area contributed by atoms with Crippen molar-refractivity contribution in [3.63, 3.8) is 0 Å². The van der Waals surface area contributed by atoms with Crippen LogP contribution in [0, 0.1) is 5.92 Å². The van der Waals surface area contributed by atoms with Crippen LogP contribution in [0.1, 0.15) is 25.3 Å².